The molecule has 2 rings (SSSR count). The predicted molar refractivity (Wildman–Crippen MR) is 126 cm³/mol. The van der Waals surface area contributed by atoms with E-state index in [1.807, 2.05) is 13.0 Å². The highest BCUT2D eigenvalue weighted by atomic mass is 35.5. The van der Waals surface area contributed by atoms with Gasteiger partial charge in [0.05, 0.1) is 22.3 Å². The summed E-state index contributed by atoms with van der Waals surface area (Å²) in [5, 5.41) is 8.12. The van der Waals surface area contributed by atoms with Crippen LogP contribution in [-0.4, -0.2) is 49.7 Å². The molecular weight excluding hydrogens is 484 g/mol. The Balaban J connectivity index is 2.28. The average Bonchev–Trinajstić information content (AvgIpc) is 2.72. The van der Waals surface area contributed by atoms with Crippen molar-refractivity contribution in [2.75, 3.05) is 27.2 Å². The Kier molecular flexibility index (Phi) is 9.44. The van der Waals surface area contributed by atoms with Crippen LogP contribution in [0.3, 0.4) is 0 Å². The molecule has 2 aromatic carbocycles. The first-order valence-corrected chi connectivity index (χ1v) is 10.7. The number of oxime groups is 1. The number of likely N-dealkylation sites (N-methyl/N-ethyl adjacent to an activating group) is 1. The standard InChI is InChI=1S/C21H21Cl4N3O3/c1-12(13-4-5-17(24)18(25)8-13)19(27-31-11-20(29)26-2)10-28(3)21(30)14-6-15(22)9-16(23)7-14/h4-9,12H,10-11H2,1-3H3,(H,26,29). The summed E-state index contributed by atoms with van der Waals surface area (Å²) >= 11 is 24.2. The van der Waals surface area contributed by atoms with Crippen LogP contribution in [0.2, 0.25) is 20.1 Å². The fourth-order valence-corrected chi connectivity index (χ4v) is 3.51. The number of hydrogen-bond donors (Lipinski definition) is 1. The summed E-state index contributed by atoms with van der Waals surface area (Å²) in [5.41, 5.74) is 1.67. The summed E-state index contributed by atoms with van der Waals surface area (Å²) in [5.74, 6) is -0.911. The lowest BCUT2D eigenvalue weighted by Crippen LogP contribution is -2.34. The van der Waals surface area contributed by atoms with E-state index in [-0.39, 0.29) is 30.9 Å². The maximum Gasteiger partial charge on any atom is 0.260 e. The minimum atomic E-state index is -0.330. The van der Waals surface area contributed by atoms with Crippen molar-refractivity contribution in [2.45, 2.75) is 12.8 Å². The van der Waals surface area contributed by atoms with Gasteiger partial charge in [-0.3, -0.25) is 9.59 Å². The molecule has 1 atom stereocenters. The summed E-state index contributed by atoms with van der Waals surface area (Å²) in [6.45, 7) is 1.75. The summed E-state index contributed by atoms with van der Waals surface area (Å²) in [7, 11) is 3.12. The van der Waals surface area contributed by atoms with Crippen molar-refractivity contribution >= 4 is 63.9 Å². The number of carbonyl (C=O) groups excluding carboxylic acids is 2. The monoisotopic (exact) mass is 503 g/mol. The number of nitrogens with zero attached hydrogens (tertiary/aromatic N) is 2. The largest absolute Gasteiger partial charge is 0.386 e. The van der Waals surface area contributed by atoms with Crippen molar-refractivity contribution in [1.29, 1.82) is 0 Å². The van der Waals surface area contributed by atoms with E-state index in [1.54, 1.807) is 25.2 Å². The molecule has 6 nitrogen and oxygen atoms in total. The molecule has 0 radical (unpaired) electrons. The van der Waals surface area contributed by atoms with E-state index in [2.05, 4.69) is 10.5 Å². The van der Waals surface area contributed by atoms with E-state index in [9.17, 15) is 9.59 Å². The molecule has 1 N–H and O–H groups in total. The topological polar surface area (TPSA) is 71.0 Å². The molecule has 10 heteroatoms. The SMILES string of the molecule is CNC(=O)CON=C(CN(C)C(=O)c1cc(Cl)cc(Cl)c1)C(C)c1ccc(Cl)c(Cl)c1. The summed E-state index contributed by atoms with van der Waals surface area (Å²) < 4.78 is 0. The fourth-order valence-electron chi connectivity index (χ4n) is 2.68. The number of amides is 2. The minimum Gasteiger partial charge on any atom is -0.386 e. The Hall–Kier alpha value is -1.99. The lowest BCUT2D eigenvalue weighted by atomic mass is 9.95. The lowest BCUT2D eigenvalue weighted by molar-refractivity contribution is -0.125. The highest BCUT2D eigenvalue weighted by molar-refractivity contribution is 6.42. The Labute approximate surface area is 201 Å². The van der Waals surface area contributed by atoms with Gasteiger partial charge in [0, 0.05) is 35.6 Å². The van der Waals surface area contributed by atoms with Crippen molar-refractivity contribution in [3.8, 4) is 0 Å². The zero-order valence-corrected chi connectivity index (χ0v) is 20.1. The molecule has 31 heavy (non-hydrogen) atoms. The van der Waals surface area contributed by atoms with E-state index in [0.29, 0.717) is 31.4 Å². The Morgan fingerprint density at radius 1 is 1.06 bits per heavy atom. The lowest BCUT2D eigenvalue weighted by Gasteiger charge is -2.22. The highest BCUT2D eigenvalue weighted by Crippen LogP contribution is 2.28. The molecule has 166 valence electrons. The number of carbonyl (C=O) groups is 2. The molecule has 0 saturated carbocycles. The molecule has 0 aliphatic rings. The molecule has 0 bridgehead atoms. The van der Waals surface area contributed by atoms with Gasteiger partial charge < -0.3 is 15.1 Å². The normalized spacial score (nSPS) is 12.3. The Morgan fingerprint density at radius 3 is 2.29 bits per heavy atom. The van der Waals surface area contributed by atoms with E-state index in [1.165, 1.54) is 24.1 Å². The molecule has 1 unspecified atom stereocenters. The molecule has 0 fully saturated rings. The molecule has 0 aliphatic carbocycles. The maximum absolute atomic E-state index is 12.9. The molecule has 2 amide bonds. The van der Waals surface area contributed by atoms with Crippen LogP contribution in [0.25, 0.3) is 0 Å². The van der Waals surface area contributed by atoms with Gasteiger partial charge in [0.15, 0.2) is 6.61 Å². The second kappa shape index (κ2) is 11.6. The second-order valence-corrected chi connectivity index (χ2v) is 8.43. The third kappa shape index (κ3) is 7.28. The summed E-state index contributed by atoms with van der Waals surface area (Å²) in [6, 6.07) is 9.83. The molecule has 2 aromatic rings. The van der Waals surface area contributed by atoms with Gasteiger partial charge in [0.25, 0.3) is 11.8 Å². The highest BCUT2D eigenvalue weighted by Gasteiger charge is 2.21. The first kappa shape index (κ1) is 25.3. The maximum atomic E-state index is 12.9. The van der Waals surface area contributed by atoms with Crippen LogP contribution < -0.4 is 5.32 Å². The van der Waals surface area contributed by atoms with Crippen LogP contribution in [0.1, 0.15) is 28.8 Å². The smallest absolute Gasteiger partial charge is 0.260 e. The van der Waals surface area contributed by atoms with Crippen molar-refractivity contribution < 1.29 is 14.4 Å². The van der Waals surface area contributed by atoms with Crippen LogP contribution in [0.4, 0.5) is 0 Å². The Bertz CT molecular complexity index is 978. The Morgan fingerprint density at radius 2 is 1.71 bits per heavy atom. The molecule has 0 spiro atoms. The van der Waals surface area contributed by atoms with E-state index in [0.717, 1.165) is 5.56 Å². The first-order valence-electron chi connectivity index (χ1n) is 9.18. The quantitative estimate of drug-likeness (QED) is 0.392. The zero-order valence-electron chi connectivity index (χ0n) is 17.1. The van der Waals surface area contributed by atoms with Gasteiger partial charge in [0.1, 0.15) is 0 Å². The van der Waals surface area contributed by atoms with E-state index in [4.69, 9.17) is 51.2 Å². The fraction of sp³-hybridized carbons (Fsp3) is 0.286. The number of benzene rings is 2. The van der Waals surface area contributed by atoms with Crippen LogP contribution in [0.5, 0.6) is 0 Å². The summed E-state index contributed by atoms with van der Waals surface area (Å²) in [4.78, 5) is 31.0. The average molecular weight is 505 g/mol. The van der Waals surface area contributed by atoms with Gasteiger partial charge >= 0.3 is 0 Å². The van der Waals surface area contributed by atoms with Crippen LogP contribution in [0, 0.1) is 0 Å². The zero-order chi connectivity index (χ0) is 23.1. The van der Waals surface area contributed by atoms with Crippen molar-refractivity contribution in [3.05, 3.63) is 67.6 Å². The van der Waals surface area contributed by atoms with E-state index >= 15 is 0 Å². The molecule has 0 aliphatic heterocycles. The van der Waals surface area contributed by atoms with E-state index < -0.39 is 0 Å². The van der Waals surface area contributed by atoms with Gasteiger partial charge in [-0.05, 0) is 35.9 Å². The third-order valence-corrected chi connectivity index (χ3v) is 5.63. The predicted octanol–water partition coefficient (Wildman–Crippen LogP) is 5.29. The second-order valence-electron chi connectivity index (χ2n) is 6.74. The van der Waals surface area contributed by atoms with Crippen LogP contribution in [0.15, 0.2) is 41.6 Å². The van der Waals surface area contributed by atoms with Crippen molar-refractivity contribution in [2.24, 2.45) is 5.16 Å². The van der Waals surface area contributed by atoms with Crippen LogP contribution >= 0.6 is 46.4 Å². The van der Waals surface area contributed by atoms with Crippen LogP contribution in [-0.2, 0) is 9.63 Å². The number of nitrogens with one attached hydrogen (secondary N) is 1. The number of rotatable bonds is 8. The molecule has 0 saturated heterocycles. The van der Waals surface area contributed by atoms with Gasteiger partial charge in [-0.15, -0.1) is 0 Å². The van der Waals surface area contributed by atoms with Gasteiger partial charge in [-0.2, -0.15) is 0 Å². The van der Waals surface area contributed by atoms with Gasteiger partial charge in [-0.25, -0.2) is 0 Å². The summed E-state index contributed by atoms with van der Waals surface area (Å²) in [6.07, 6.45) is 0. The van der Waals surface area contributed by atoms with Gasteiger partial charge in [-0.1, -0.05) is 64.5 Å². The molecular formula is C21H21Cl4N3O3. The molecule has 0 aromatic heterocycles. The van der Waals surface area contributed by atoms with Crippen molar-refractivity contribution in [1.82, 2.24) is 10.2 Å². The minimum absolute atomic E-state index is 0.123. The van der Waals surface area contributed by atoms with Crippen molar-refractivity contribution in [3.63, 3.8) is 0 Å². The first-order chi connectivity index (χ1) is 14.6. The number of halogens is 4. The third-order valence-electron chi connectivity index (χ3n) is 4.46. The molecule has 0 heterocycles. The van der Waals surface area contributed by atoms with Gasteiger partial charge in [0.2, 0.25) is 0 Å². The number of hydrogen-bond acceptors (Lipinski definition) is 4.